The molecule has 0 radical (unpaired) electrons. The Morgan fingerprint density at radius 1 is 0.941 bits per heavy atom. The molecule has 2 aliphatic heterocycles. The average Bonchev–Trinajstić information content (AvgIpc) is 3.57. The first-order chi connectivity index (χ1) is 16.4. The summed E-state index contributed by atoms with van der Waals surface area (Å²) < 4.78 is 38.3. The van der Waals surface area contributed by atoms with Crippen molar-refractivity contribution in [3.8, 4) is 11.5 Å². The van der Waals surface area contributed by atoms with Gasteiger partial charge in [-0.25, -0.2) is 8.42 Å². The van der Waals surface area contributed by atoms with Crippen molar-refractivity contribution >= 4 is 15.9 Å². The topological polar surface area (TPSA) is 88.2 Å². The fraction of sp³-hybridized carbons (Fsp3) is 0.480. The molecule has 2 aromatic rings. The standard InChI is InChI=1S/C25H33N3O5S/c1-32-20-9-7-19(8-10-20)24(27-15-3-4-16-27)18-26-25(29)23-6-5-17-28(23)34(30,31)22-13-11-21(33-2)12-14-22/h7-14,23-24H,3-6,15-18H2,1-2H3,(H,26,29)/t23-,24+/m0/s1. The normalized spacial score (nSPS) is 20.2. The minimum absolute atomic E-state index is 0.0328. The van der Waals surface area contributed by atoms with Crippen molar-refractivity contribution in [2.24, 2.45) is 0 Å². The largest absolute Gasteiger partial charge is 0.497 e. The minimum atomic E-state index is -3.78. The number of rotatable bonds is 9. The van der Waals surface area contributed by atoms with Gasteiger partial charge in [0, 0.05) is 13.1 Å². The number of carbonyl (C=O) groups is 1. The number of nitrogens with one attached hydrogen (secondary N) is 1. The Bertz CT molecular complexity index is 1070. The number of amides is 1. The molecule has 0 aromatic heterocycles. The van der Waals surface area contributed by atoms with Gasteiger partial charge in [-0.3, -0.25) is 9.69 Å². The Morgan fingerprint density at radius 2 is 1.53 bits per heavy atom. The zero-order valence-corrected chi connectivity index (χ0v) is 20.6. The second kappa shape index (κ2) is 10.8. The van der Waals surface area contributed by atoms with Crippen LogP contribution in [0.5, 0.6) is 11.5 Å². The number of hydrogen-bond donors (Lipinski definition) is 1. The minimum Gasteiger partial charge on any atom is -0.497 e. The number of nitrogens with zero attached hydrogens (tertiary/aromatic N) is 2. The number of sulfonamides is 1. The van der Waals surface area contributed by atoms with Gasteiger partial charge in [0.15, 0.2) is 0 Å². The molecule has 1 amide bonds. The van der Waals surface area contributed by atoms with Gasteiger partial charge >= 0.3 is 0 Å². The van der Waals surface area contributed by atoms with Crippen LogP contribution in [-0.4, -0.2) is 70.0 Å². The molecule has 0 aliphatic carbocycles. The van der Waals surface area contributed by atoms with E-state index >= 15 is 0 Å². The molecule has 8 nitrogen and oxygen atoms in total. The van der Waals surface area contributed by atoms with Crippen LogP contribution in [0.15, 0.2) is 53.4 Å². The van der Waals surface area contributed by atoms with Gasteiger partial charge in [0.25, 0.3) is 0 Å². The van der Waals surface area contributed by atoms with Crippen molar-refractivity contribution in [2.75, 3.05) is 40.4 Å². The predicted octanol–water partition coefficient (Wildman–Crippen LogP) is 2.81. The Labute approximate surface area is 201 Å². The van der Waals surface area contributed by atoms with Crippen LogP contribution in [0.3, 0.4) is 0 Å². The van der Waals surface area contributed by atoms with Gasteiger partial charge in [-0.2, -0.15) is 4.31 Å². The lowest BCUT2D eigenvalue weighted by Gasteiger charge is -2.30. The number of likely N-dealkylation sites (tertiary alicyclic amines) is 1. The van der Waals surface area contributed by atoms with Gasteiger partial charge in [-0.05, 0) is 80.7 Å². The van der Waals surface area contributed by atoms with E-state index in [0.29, 0.717) is 31.7 Å². The van der Waals surface area contributed by atoms with Gasteiger partial charge in [0.05, 0.1) is 25.2 Å². The molecule has 0 saturated carbocycles. The van der Waals surface area contributed by atoms with E-state index in [2.05, 4.69) is 10.2 Å². The van der Waals surface area contributed by atoms with E-state index in [9.17, 15) is 13.2 Å². The summed E-state index contributed by atoms with van der Waals surface area (Å²) in [5.41, 5.74) is 1.11. The lowest BCUT2D eigenvalue weighted by Crippen LogP contribution is -2.47. The van der Waals surface area contributed by atoms with Crippen LogP contribution in [0, 0.1) is 0 Å². The monoisotopic (exact) mass is 487 g/mol. The molecule has 0 bridgehead atoms. The first kappa shape index (κ1) is 24.5. The first-order valence-electron chi connectivity index (χ1n) is 11.8. The summed E-state index contributed by atoms with van der Waals surface area (Å²) in [5.74, 6) is 1.13. The summed E-state index contributed by atoms with van der Waals surface area (Å²) >= 11 is 0. The van der Waals surface area contributed by atoms with Crippen molar-refractivity contribution in [3.05, 3.63) is 54.1 Å². The third-order valence-electron chi connectivity index (χ3n) is 6.72. The highest BCUT2D eigenvalue weighted by molar-refractivity contribution is 7.89. The van der Waals surface area contributed by atoms with Crippen LogP contribution < -0.4 is 14.8 Å². The Hall–Kier alpha value is -2.62. The summed E-state index contributed by atoms with van der Waals surface area (Å²) in [7, 11) is -0.606. The maximum atomic E-state index is 13.3. The van der Waals surface area contributed by atoms with E-state index in [1.165, 1.54) is 23.5 Å². The molecular formula is C25H33N3O5S. The van der Waals surface area contributed by atoms with Crippen LogP contribution in [0.25, 0.3) is 0 Å². The van der Waals surface area contributed by atoms with Gasteiger partial charge in [-0.1, -0.05) is 12.1 Å². The third kappa shape index (κ3) is 5.21. The van der Waals surface area contributed by atoms with Crippen molar-refractivity contribution in [1.29, 1.82) is 0 Å². The highest BCUT2D eigenvalue weighted by atomic mass is 32.2. The molecule has 4 rings (SSSR count). The Balaban J connectivity index is 1.47. The summed E-state index contributed by atoms with van der Waals surface area (Å²) in [5, 5.41) is 3.06. The van der Waals surface area contributed by atoms with Crippen molar-refractivity contribution in [1.82, 2.24) is 14.5 Å². The Kier molecular flexibility index (Phi) is 7.75. The smallest absolute Gasteiger partial charge is 0.243 e. The van der Waals surface area contributed by atoms with Gasteiger partial charge < -0.3 is 14.8 Å². The zero-order valence-electron chi connectivity index (χ0n) is 19.8. The molecule has 0 unspecified atom stereocenters. The first-order valence-corrected chi connectivity index (χ1v) is 13.2. The highest BCUT2D eigenvalue weighted by Gasteiger charge is 2.39. The van der Waals surface area contributed by atoms with E-state index in [4.69, 9.17) is 9.47 Å². The number of benzene rings is 2. The zero-order chi connectivity index (χ0) is 24.1. The summed E-state index contributed by atoms with van der Waals surface area (Å²) in [4.78, 5) is 15.8. The average molecular weight is 488 g/mol. The fourth-order valence-corrected chi connectivity index (χ4v) is 6.48. The maximum absolute atomic E-state index is 13.3. The van der Waals surface area contributed by atoms with E-state index in [0.717, 1.165) is 37.2 Å². The second-order valence-electron chi connectivity index (χ2n) is 8.73. The molecule has 9 heteroatoms. The number of ether oxygens (including phenoxy) is 2. The number of carbonyl (C=O) groups excluding carboxylic acids is 1. The lowest BCUT2D eigenvalue weighted by atomic mass is 10.0. The van der Waals surface area contributed by atoms with Crippen molar-refractivity contribution in [3.63, 3.8) is 0 Å². The van der Waals surface area contributed by atoms with Gasteiger partial charge in [0.1, 0.15) is 17.5 Å². The second-order valence-corrected chi connectivity index (χ2v) is 10.6. The molecule has 34 heavy (non-hydrogen) atoms. The van der Waals surface area contributed by atoms with Crippen LogP contribution in [0.4, 0.5) is 0 Å². The summed E-state index contributed by atoms with van der Waals surface area (Å²) in [6.45, 7) is 2.72. The molecule has 2 heterocycles. The summed E-state index contributed by atoms with van der Waals surface area (Å²) in [6.07, 6.45) is 3.44. The molecule has 2 aliphatic rings. The van der Waals surface area contributed by atoms with E-state index in [1.54, 1.807) is 19.2 Å². The predicted molar refractivity (Wildman–Crippen MR) is 129 cm³/mol. The lowest BCUT2D eigenvalue weighted by molar-refractivity contribution is -0.124. The van der Waals surface area contributed by atoms with E-state index in [1.807, 2.05) is 24.3 Å². The molecule has 2 fully saturated rings. The molecule has 2 saturated heterocycles. The Morgan fingerprint density at radius 3 is 2.12 bits per heavy atom. The van der Waals surface area contributed by atoms with Crippen molar-refractivity contribution < 1.29 is 22.7 Å². The van der Waals surface area contributed by atoms with Gasteiger partial charge in [0.2, 0.25) is 15.9 Å². The molecule has 2 atom stereocenters. The van der Waals surface area contributed by atoms with E-state index in [-0.39, 0.29) is 16.8 Å². The van der Waals surface area contributed by atoms with Crippen molar-refractivity contribution in [2.45, 2.75) is 42.7 Å². The van der Waals surface area contributed by atoms with Gasteiger partial charge in [-0.15, -0.1) is 0 Å². The van der Waals surface area contributed by atoms with Crippen LogP contribution in [0.1, 0.15) is 37.3 Å². The molecule has 184 valence electrons. The summed E-state index contributed by atoms with van der Waals surface area (Å²) in [6, 6.07) is 13.5. The molecular weight excluding hydrogens is 454 g/mol. The molecule has 0 spiro atoms. The number of methoxy groups -OCH3 is 2. The fourth-order valence-electron chi connectivity index (χ4n) is 4.83. The number of hydrogen-bond acceptors (Lipinski definition) is 6. The SMILES string of the molecule is COc1ccc([C@@H](CNC(=O)[C@@H]2CCCN2S(=O)(=O)c2ccc(OC)cc2)N2CCCC2)cc1. The highest BCUT2D eigenvalue weighted by Crippen LogP contribution is 2.29. The van der Waals surface area contributed by atoms with Crippen LogP contribution in [-0.2, 0) is 14.8 Å². The molecule has 1 N–H and O–H groups in total. The van der Waals surface area contributed by atoms with Crippen LogP contribution in [0.2, 0.25) is 0 Å². The third-order valence-corrected chi connectivity index (χ3v) is 8.65. The molecule has 2 aromatic carbocycles. The quantitative estimate of drug-likeness (QED) is 0.585. The van der Waals surface area contributed by atoms with E-state index < -0.39 is 16.1 Å². The maximum Gasteiger partial charge on any atom is 0.243 e. The van der Waals surface area contributed by atoms with Crippen LogP contribution >= 0.6 is 0 Å².